The van der Waals surface area contributed by atoms with Gasteiger partial charge in [0.15, 0.2) is 9.92 Å². The molecular weight excluding hydrogens is 376 g/mol. The average molecular weight is 405 g/mol. The molecule has 9 heteroatoms. The van der Waals surface area contributed by atoms with Crippen molar-refractivity contribution in [3.63, 3.8) is 0 Å². The summed E-state index contributed by atoms with van der Waals surface area (Å²) in [5.41, 5.74) is 11.3. The number of carbonyl (C=O) groups is 1. The molecule has 2 aliphatic rings. The molecule has 2 aliphatic carbocycles. The molecule has 1 aromatic rings. The van der Waals surface area contributed by atoms with Gasteiger partial charge in [-0.25, -0.2) is 18.5 Å². The van der Waals surface area contributed by atoms with Crippen LogP contribution in [0.25, 0.3) is 0 Å². The number of fused-ring (bicyclic) bond motifs is 2. The molecule has 28 heavy (non-hydrogen) atoms. The number of aryl methyl sites for hydroxylation is 2. The lowest BCUT2D eigenvalue weighted by Gasteiger charge is -2.17. The molecule has 0 fully saturated rings. The molecule has 0 saturated carbocycles. The Balaban J connectivity index is 1.75. The molecule has 0 spiro atoms. The van der Waals surface area contributed by atoms with E-state index in [0.29, 0.717) is 13.1 Å². The fourth-order valence-electron chi connectivity index (χ4n) is 3.84. The minimum Gasteiger partial charge on any atom is -0.403 e. The topological polar surface area (TPSA) is 132 Å². The van der Waals surface area contributed by atoms with Gasteiger partial charge in [0.1, 0.15) is 4.91 Å². The first-order chi connectivity index (χ1) is 13.5. The fraction of sp³-hybridized carbons (Fsp3) is 0.474. The van der Waals surface area contributed by atoms with Crippen molar-refractivity contribution in [3.05, 3.63) is 39.4 Å². The number of benzene rings is 1. The third-order valence-electron chi connectivity index (χ3n) is 5.15. The average Bonchev–Trinajstić information content (AvgIpc) is 3.29. The molecule has 0 aliphatic heterocycles. The van der Waals surface area contributed by atoms with Crippen molar-refractivity contribution in [2.24, 2.45) is 10.7 Å². The highest BCUT2D eigenvalue weighted by molar-refractivity contribution is 7.95. The highest BCUT2D eigenvalue weighted by atomic mass is 32.2. The lowest BCUT2D eigenvalue weighted by Crippen LogP contribution is -2.35. The first-order valence-electron chi connectivity index (χ1n) is 9.56. The van der Waals surface area contributed by atoms with Gasteiger partial charge >= 0.3 is 6.03 Å². The number of likely N-dealkylation sites (N-methyl/N-ethyl adjacent to an activating group) is 1. The minimum atomic E-state index is -3.60. The van der Waals surface area contributed by atoms with E-state index in [2.05, 4.69) is 26.4 Å². The van der Waals surface area contributed by atoms with Gasteiger partial charge in [0.2, 0.25) is 0 Å². The summed E-state index contributed by atoms with van der Waals surface area (Å²) in [4.78, 5) is 16.6. The Labute approximate surface area is 166 Å². The zero-order valence-corrected chi connectivity index (χ0v) is 17.0. The first kappa shape index (κ1) is 20.3. The van der Waals surface area contributed by atoms with E-state index in [4.69, 9.17) is 10.5 Å². The van der Waals surface area contributed by atoms with Crippen LogP contribution >= 0.6 is 0 Å². The van der Waals surface area contributed by atoms with Gasteiger partial charge in [-0.1, -0.05) is 6.07 Å². The number of carbonyl (C=O) groups excluding carboxylic acids is 1. The highest BCUT2D eigenvalue weighted by Gasteiger charge is 2.25. The number of urea groups is 1. The van der Waals surface area contributed by atoms with Crippen molar-refractivity contribution in [1.29, 1.82) is 4.78 Å². The van der Waals surface area contributed by atoms with Gasteiger partial charge in [-0.05, 0) is 67.8 Å². The van der Waals surface area contributed by atoms with E-state index in [-0.39, 0.29) is 4.91 Å². The molecule has 0 radical (unpaired) electrons. The molecule has 3 rings (SSSR count). The predicted octanol–water partition coefficient (Wildman–Crippen LogP) is 1.84. The predicted molar refractivity (Wildman–Crippen MR) is 113 cm³/mol. The van der Waals surface area contributed by atoms with Crippen molar-refractivity contribution in [1.82, 2.24) is 10.0 Å². The molecule has 6 N–H and O–H groups in total. The van der Waals surface area contributed by atoms with Crippen molar-refractivity contribution < 1.29 is 9.00 Å². The van der Waals surface area contributed by atoms with Gasteiger partial charge in [-0.3, -0.25) is 4.99 Å². The summed E-state index contributed by atoms with van der Waals surface area (Å²) < 4.78 is 23.0. The number of nitrogens with zero attached hydrogens (tertiary/aromatic N) is 1. The number of aliphatic imine (C=N–C) groups is 1. The quantitative estimate of drug-likeness (QED) is 0.350. The number of allylic oxidation sites excluding steroid dienone is 1. The Morgan fingerprint density at radius 1 is 1.25 bits per heavy atom. The van der Waals surface area contributed by atoms with E-state index in [1.165, 1.54) is 28.5 Å². The molecule has 0 aromatic heterocycles. The van der Waals surface area contributed by atoms with Gasteiger partial charge in [0.05, 0.1) is 6.54 Å². The maximum absolute atomic E-state index is 12.7. The largest absolute Gasteiger partial charge is 0.403 e. The van der Waals surface area contributed by atoms with E-state index in [0.717, 1.165) is 50.4 Å². The summed E-state index contributed by atoms with van der Waals surface area (Å²) >= 11 is 0. The summed E-state index contributed by atoms with van der Waals surface area (Å²) in [5, 5.41) is 5.82. The number of amides is 2. The Morgan fingerprint density at radius 2 is 1.89 bits per heavy atom. The molecule has 152 valence electrons. The smallest absolute Gasteiger partial charge is 0.331 e. The molecule has 1 atom stereocenters. The molecule has 0 bridgehead atoms. The van der Waals surface area contributed by atoms with E-state index < -0.39 is 15.9 Å². The Bertz CT molecular complexity index is 889. The number of nitrogens with one attached hydrogen (secondary N) is 4. The lowest BCUT2D eigenvalue weighted by molar-refractivity contribution is 0.257. The Morgan fingerprint density at radius 3 is 2.46 bits per heavy atom. The van der Waals surface area contributed by atoms with E-state index >= 15 is 0 Å². The molecule has 8 nitrogen and oxygen atoms in total. The van der Waals surface area contributed by atoms with E-state index in [1.807, 2.05) is 0 Å². The summed E-state index contributed by atoms with van der Waals surface area (Å²) in [5.74, 6) is 0. The van der Waals surface area contributed by atoms with Gasteiger partial charge in [0, 0.05) is 24.6 Å². The monoisotopic (exact) mass is 404 g/mol. The lowest BCUT2D eigenvalue weighted by atomic mass is 9.99. The van der Waals surface area contributed by atoms with Crippen LogP contribution in [-0.2, 0) is 35.6 Å². The van der Waals surface area contributed by atoms with Crippen LogP contribution in [0.2, 0.25) is 0 Å². The molecule has 1 unspecified atom stereocenters. The van der Waals surface area contributed by atoms with Crippen molar-refractivity contribution in [2.75, 3.05) is 25.5 Å². The van der Waals surface area contributed by atoms with E-state index in [1.54, 1.807) is 7.05 Å². The van der Waals surface area contributed by atoms with Gasteiger partial charge in [-0.2, -0.15) is 0 Å². The number of rotatable bonds is 7. The van der Waals surface area contributed by atoms with Gasteiger partial charge in [-0.15, -0.1) is 0 Å². The molecular formula is C19H28N6O2S. The van der Waals surface area contributed by atoms with Crippen LogP contribution in [0.1, 0.15) is 35.1 Å². The zero-order chi connectivity index (χ0) is 20.1. The third-order valence-corrected chi connectivity index (χ3v) is 6.53. The van der Waals surface area contributed by atoms with Crippen LogP contribution in [0.4, 0.5) is 10.5 Å². The number of anilines is 1. The number of hydrogen-bond donors (Lipinski definition) is 5. The van der Waals surface area contributed by atoms with Crippen molar-refractivity contribution >= 4 is 27.8 Å². The second kappa shape index (κ2) is 8.74. The van der Waals surface area contributed by atoms with Gasteiger partial charge < -0.3 is 16.4 Å². The summed E-state index contributed by atoms with van der Waals surface area (Å²) in [6, 6.07) is 1.62. The summed E-state index contributed by atoms with van der Waals surface area (Å²) in [6.45, 7) is 1.10. The number of nitrogens with two attached hydrogens (primary N) is 1. The number of hydrogen-bond acceptors (Lipinski definition) is 6. The third kappa shape index (κ3) is 4.36. The van der Waals surface area contributed by atoms with Gasteiger partial charge in [0.25, 0.3) is 0 Å². The molecule has 1 aromatic carbocycles. The molecule has 2 amide bonds. The maximum atomic E-state index is 12.7. The second-order valence-electron chi connectivity index (χ2n) is 7.05. The first-order valence-corrected chi connectivity index (χ1v) is 11.1. The SMILES string of the molecule is CNCCN=CC(=CN)S(=N)(=O)NC(=O)Nc1c2c(cc3c1CCC3)CCC2. The van der Waals surface area contributed by atoms with Crippen LogP contribution < -0.4 is 21.1 Å². The maximum Gasteiger partial charge on any atom is 0.331 e. The van der Waals surface area contributed by atoms with E-state index in [9.17, 15) is 9.00 Å². The normalized spacial score (nSPS) is 18.0. The summed E-state index contributed by atoms with van der Waals surface area (Å²) in [7, 11) is -1.81. The van der Waals surface area contributed by atoms with Crippen LogP contribution in [0.5, 0.6) is 0 Å². The molecule has 0 heterocycles. The standard InChI is InChI=1S/C19H28N6O2S/c1-22-8-9-23-12-15(11-20)28(21,27)25-19(26)24-18-16-6-2-4-13(16)10-14-5-3-7-17(14)18/h10-12,22H,2-9,20H2,1H3,(H3,21,24,25,26,27). The Kier molecular flexibility index (Phi) is 6.35. The van der Waals surface area contributed by atoms with Crippen LogP contribution in [0.3, 0.4) is 0 Å². The highest BCUT2D eigenvalue weighted by Crippen LogP contribution is 2.38. The summed E-state index contributed by atoms with van der Waals surface area (Å²) in [6.07, 6.45) is 8.40. The van der Waals surface area contributed by atoms with Crippen LogP contribution in [0.15, 0.2) is 22.2 Å². The fourth-order valence-corrected chi connectivity index (χ4v) is 4.68. The van der Waals surface area contributed by atoms with Crippen molar-refractivity contribution in [2.45, 2.75) is 38.5 Å². The minimum absolute atomic E-state index is 0.0257. The zero-order valence-electron chi connectivity index (χ0n) is 16.1. The van der Waals surface area contributed by atoms with Crippen LogP contribution in [-0.4, -0.2) is 36.6 Å². The van der Waals surface area contributed by atoms with Crippen LogP contribution in [0, 0.1) is 4.78 Å². The Hall–Kier alpha value is -2.39. The van der Waals surface area contributed by atoms with Crippen molar-refractivity contribution in [3.8, 4) is 0 Å². The second-order valence-corrected chi connectivity index (χ2v) is 8.84. The molecule has 0 saturated heterocycles.